The third-order valence-corrected chi connectivity index (χ3v) is 5.98. The molecule has 2 saturated heterocycles. The van der Waals surface area contributed by atoms with Gasteiger partial charge in [-0.2, -0.15) is 0 Å². The molecule has 3 fully saturated rings. The van der Waals surface area contributed by atoms with E-state index < -0.39 is 0 Å². The van der Waals surface area contributed by atoms with E-state index in [1.165, 1.54) is 0 Å². The lowest BCUT2D eigenvalue weighted by molar-refractivity contribution is -0.134. The molecule has 4 rings (SSSR count). The fraction of sp³-hybridized carbons (Fsp3) is 0.600. The van der Waals surface area contributed by atoms with Crippen LogP contribution in [-0.4, -0.2) is 61.1 Å². The van der Waals surface area contributed by atoms with E-state index in [0.717, 1.165) is 63.2 Å². The molecule has 1 saturated carbocycles. The van der Waals surface area contributed by atoms with E-state index in [9.17, 15) is 9.59 Å². The second-order valence-corrected chi connectivity index (χ2v) is 7.53. The Kier molecular flexibility index (Phi) is 4.74. The summed E-state index contributed by atoms with van der Waals surface area (Å²) >= 11 is 0. The molecule has 2 aliphatic heterocycles. The Balaban J connectivity index is 1.33. The number of para-hydroxylation sites is 1. The van der Waals surface area contributed by atoms with Crippen molar-refractivity contribution >= 4 is 11.9 Å². The predicted molar refractivity (Wildman–Crippen MR) is 98.2 cm³/mol. The Hall–Kier alpha value is -2.24. The minimum absolute atomic E-state index is 0.0551. The van der Waals surface area contributed by atoms with Crippen LogP contribution in [0.4, 0.5) is 4.79 Å². The molecule has 0 unspecified atom stereocenters. The molecule has 3 amide bonds. The lowest BCUT2D eigenvalue weighted by Gasteiger charge is -2.40. The summed E-state index contributed by atoms with van der Waals surface area (Å²) in [6, 6.07) is 8.32. The summed E-state index contributed by atoms with van der Waals surface area (Å²) in [6.45, 7) is 3.12. The van der Waals surface area contributed by atoms with Gasteiger partial charge in [-0.05, 0) is 43.2 Å². The highest BCUT2D eigenvalue weighted by molar-refractivity contribution is 5.83. The van der Waals surface area contributed by atoms with Crippen LogP contribution in [0.1, 0.15) is 37.2 Å². The molecule has 26 heavy (non-hydrogen) atoms. The van der Waals surface area contributed by atoms with Crippen LogP contribution in [0.15, 0.2) is 24.3 Å². The lowest BCUT2D eigenvalue weighted by atomic mass is 10.0. The highest BCUT2D eigenvalue weighted by Gasteiger charge is 2.47. The topological polar surface area (TPSA) is 61.9 Å². The number of amides is 3. The Morgan fingerprint density at radius 2 is 1.96 bits per heavy atom. The van der Waals surface area contributed by atoms with Gasteiger partial charge in [0.2, 0.25) is 5.91 Å². The van der Waals surface area contributed by atoms with Crippen LogP contribution >= 0.6 is 0 Å². The summed E-state index contributed by atoms with van der Waals surface area (Å²) in [5, 5.41) is 2.92. The quantitative estimate of drug-likeness (QED) is 0.899. The van der Waals surface area contributed by atoms with Crippen LogP contribution in [0.3, 0.4) is 0 Å². The van der Waals surface area contributed by atoms with Gasteiger partial charge in [0.15, 0.2) is 0 Å². The minimum Gasteiger partial charge on any atom is -0.496 e. The van der Waals surface area contributed by atoms with Crippen molar-refractivity contribution in [2.24, 2.45) is 5.92 Å². The van der Waals surface area contributed by atoms with Crippen molar-refractivity contribution in [2.75, 3.05) is 33.3 Å². The second-order valence-electron chi connectivity index (χ2n) is 7.53. The van der Waals surface area contributed by atoms with Gasteiger partial charge >= 0.3 is 6.03 Å². The van der Waals surface area contributed by atoms with E-state index in [4.69, 9.17) is 4.74 Å². The number of nitrogens with one attached hydrogen (secondary N) is 1. The standard InChI is InChI=1S/C20H27N3O3/c1-26-18-6-3-2-5-15(18)16-13-17(16)19(24)22-11-7-14(8-12-22)23-10-4-9-21-20(23)25/h2-3,5-6,14,16-17H,4,7-13H2,1H3,(H,21,25)/t16-,17+/m0/s1. The summed E-state index contributed by atoms with van der Waals surface area (Å²) in [4.78, 5) is 28.8. The third-order valence-electron chi connectivity index (χ3n) is 5.98. The van der Waals surface area contributed by atoms with Crippen LogP contribution in [0.25, 0.3) is 0 Å². The zero-order valence-electron chi connectivity index (χ0n) is 15.3. The van der Waals surface area contributed by atoms with Gasteiger partial charge in [-0.15, -0.1) is 0 Å². The third kappa shape index (κ3) is 3.24. The number of hydrogen-bond donors (Lipinski definition) is 1. The maximum atomic E-state index is 12.9. The number of carbonyl (C=O) groups is 2. The van der Waals surface area contributed by atoms with Gasteiger partial charge in [-0.3, -0.25) is 4.79 Å². The second kappa shape index (κ2) is 7.17. The molecule has 1 aromatic carbocycles. The average molecular weight is 357 g/mol. The molecule has 1 N–H and O–H groups in total. The van der Waals surface area contributed by atoms with Crippen LogP contribution in [0.2, 0.25) is 0 Å². The van der Waals surface area contributed by atoms with Crippen molar-refractivity contribution in [3.63, 3.8) is 0 Å². The molecule has 1 aromatic rings. The molecular weight excluding hydrogens is 330 g/mol. The predicted octanol–water partition coefficient (Wildman–Crippen LogP) is 2.21. The average Bonchev–Trinajstić information content (AvgIpc) is 3.48. The van der Waals surface area contributed by atoms with Gasteiger partial charge < -0.3 is 19.9 Å². The first-order valence-corrected chi connectivity index (χ1v) is 9.65. The van der Waals surface area contributed by atoms with Gasteiger partial charge in [0.1, 0.15) is 5.75 Å². The van der Waals surface area contributed by atoms with E-state index in [-0.39, 0.29) is 29.8 Å². The minimum atomic E-state index is 0.0551. The van der Waals surface area contributed by atoms with Crippen molar-refractivity contribution in [1.82, 2.24) is 15.1 Å². The summed E-state index contributed by atoms with van der Waals surface area (Å²) in [5.74, 6) is 1.51. The molecule has 6 nitrogen and oxygen atoms in total. The molecule has 0 aromatic heterocycles. The molecule has 0 radical (unpaired) electrons. The first-order valence-electron chi connectivity index (χ1n) is 9.65. The molecule has 2 atom stereocenters. The van der Waals surface area contributed by atoms with Crippen LogP contribution in [0, 0.1) is 5.92 Å². The first-order chi connectivity index (χ1) is 12.7. The van der Waals surface area contributed by atoms with E-state index in [0.29, 0.717) is 0 Å². The van der Waals surface area contributed by atoms with Gasteiger partial charge in [0.25, 0.3) is 0 Å². The normalized spacial score (nSPS) is 26.4. The summed E-state index contributed by atoms with van der Waals surface area (Å²) in [7, 11) is 1.68. The highest BCUT2D eigenvalue weighted by Crippen LogP contribution is 2.51. The molecule has 140 valence electrons. The molecule has 2 heterocycles. The monoisotopic (exact) mass is 357 g/mol. The zero-order valence-corrected chi connectivity index (χ0v) is 15.3. The number of methoxy groups -OCH3 is 1. The molecule has 3 aliphatic rings. The Bertz CT molecular complexity index is 685. The summed E-state index contributed by atoms with van der Waals surface area (Å²) < 4.78 is 5.44. The maximum Gasteiger partial charge on any atom is 0.317 e. The summed E-state index contributed by atoms with van der Waals surface area (Å²) in [5.41, 5.74) is 1.15. The van der Waals surface area contributed by atoms with E-state index in [1.54, 1.807) is 7.11 Å². The van der Waals surface area contributed by atoms with Gasteiger partial charge in [0, 0.05) is 38.1 Å². The molecule has 1 aliphatic carbocycles. The number of carbonyl (C=O) groups excluding carboxylic acids is 2. The number of benzene rings is 1. The van der Waals surface area contributed by atoms with Crippen molar-refractivity contribution in [3.8, 4) is 5.75 Å². The van der Waals surface area contributed by atoms with E-state index in [2.05, 4.69) is 11.4 Å². The number of piperidine rings is 1. The Morgan fingerprint density at radius 3 is 2.69 bits per heavy atom. The van der Waals surface area contributed by atoms with Crippen LogP contribution < -0.4 is 10.1 Å². The Morgan fingerprint density at radius 1 is 1.19 bits per heavy atom. The lowest BCUT2D eigenvalue weighted by Crippen LogP contribution is -2.54. The smallest absolute Gasteiger partial charge is 0.317 e. The molecular formula is C20H27N3O3. The van der Waals surface area contributed by atoms with Gasteiger partial charge in [-0.25, -0.2) is 4.79 Å². The number of urea groups is 1. The SMILES string of the molecule is COc1ccccc1[C@@H]1C[C@H]1C(=O)N1CCC(N2CCCNC2=O)CC1. The van der Waals surface area contributed by atoms with E-state index in [1.807, 2.05) is 28.0 Å². The number of ether oxygens (including phenoxy) is 1. The van der Waals surface area contributed by atoms with Crippen molar-refractivity contribution in [3.05, 3.63) is 29.8 Å². The van der Waals surface area contributed by atoms with Gasteiger partial charge in [-0.1, -0.05) is 18.2 Å². The number of hydrogen-bond acceptors (Lipinski definition) is 3. The van der Waals surface area contributed by atoms with Crippen LogP contribution in [-0.2, 0) is 4.79 Å². The first kappa shape index (κ1) is 17.2. The maximum absolute atomic E-state index is 12.9. The van der Waals surface area contributed by atoms with Gasteiger partial charge in [0.05, 0.1) is 7.11 Å². The van der Waals surface area contributed by atoms with Crippen molar-refractivity contribution in [2.45, 2.75) is 37.6 Å². The van der Waals surface area contributed by atoms with Crippen LogP contribution in [0.5, 0.6) is 5.75 Å². The number of nitrogens with zero attached hydrogens (tertiary/aromatic N) is 2. The van der Waals surface area contributed by atoms with E-state index >= 15 is 0 Å². The van der Waals surface area contributed by atoms with Crippen molar-refractivity contribution in [1.29, 1.82) is 0 Å². The van der Waals surface area contributed by atoms with Crippen molar-refractivity contribution < 1.29 is 14.3 Å². The fourth-order valence-electron chi connectivity index (χ4n) is 4.41. The molecule has 0 bridgehead atoms. The zero-order chi connectivity index (χ0) is 18.1. The highest BCUT2D eigenvalue weighted by atomic mass is 16.5. The summed E-state index contributed by atoms with van der Waals surface area (Å²) in [6.07, 6.45) is 3.68. The molecule has 0 spiro atoms. The Labute approximate surface area is 154 Å². The number of likely N-dealkylation sites (tertiary alicyclic amines) is 1. The largest absolute Gasteiger partial charge is 0.496 e. The fourth-order valence-corrected chi connectivity index (χ4v) is 4.41. The number of rotatable bonds is 4. The molecule has 6 heteroatoms.